The molecule has 2 aliphatic rings. The van der Waals surface area contributed by atoms with Crippen LogP contribution in [0.3, 0.4) is 0 Å². The Kier molecular flexibility index (Phi) is 6.27. The van der Waals surface area contributed by atoms with Crippen molar-refractivity contribution in [3.63, 3.8) is 0 Å². The van der Waals surface area contributed by atoms with E-state index >= 15 is 0 Å². The first-order valence-electron chi connectivity index (χ1n) is 8.34. The summed E-state index contributed by atoms with van der Waals surface area (Å²) in [5, 5.41) is 3.41. The highest BCUT2D eigenvalue weighted by Gasteiger charge is 2.26. The van der Waals surface area contributed by atoms with Gasteiger partial charge in [-0.1, -0.05) is 25.1 Å². The Morgan fingerprint density at radius 2 is 1.91 bits per heavy atom. The zero-order valence-electron chi connectivity index (χ0n) is 13.4. The predicted octanol–water partition coefficient (Wildman–Crippen LogP) is 3.45. The Morgan fingerprint density at radius 1 is 1.18 bits per heavy atom. The number of likely N-dealkylation sites (tertiary alicyclic amines) is 1. The van der Waals surface area contributed by atoms with Crippen molar-refractivity contribution in [2.24, 2.45) is 5.92 Å². The van der Waals surface area contributed by atoms with Gasteiger partial charge in [-0.05, 0) is 62.2 Å². The normalized spacial score (nSPS) is 23.0. The van der Waals surface area contributed by atoms with Crippen molar-refractivity contribution < 1.29 is 4.79 Å². The molecule has 0 spiro atoms. The molecular formula is C18H27ClN2O. The maximum atomic E-state index is 12.9. The molecule has 22 heavy (non-hydrogen) atoms. The van der Waals surface area contributed by atoms with E-state index in [4.69, 9.17) is 0 Å². The van der Waals surface area contributed by atoms with Gasteiger partial charge in [-0.15, -0.1) is 12.4 Å². The van der Waals surface area contributed by atoms with E-state index in [1.54, 1.807) is 0 Å². The lowest BCUT2D eigenvalue weighted by atomic mass is 9.86. The highest BCUT2D eigenvalue weighted by atomic mass is 35.5. The average molecular weight is 323 g/mol. The molecule has 3 nitrogen and oxygen atoms in total. The van der Waals surface area contributed by atoms with Gasteiger partial charge < -0.3 is 10.2 Å². The van der Waals surface area contributed by atoms with Crippen LogP contribution in [0.1, 0.15) is 54.4 Å². The minimum Gasteiger partial charge on any atom is -0.338 e. The zero-order chi connectivity index (χ0) is 14.7. The molecule has 0 bridgehead atoms. The van der Waals surface area contributed by atoms with Gasteiger partial charge >= 0.3 is 0 Å². The second-order valence-electron chi connectivity index (χ2n) is 6.61. The fraction of sp³-hybridized carbons (Fsp3) is 0.611. The van der Waals surface area contributed by atoms with Gasteiger partial charge in [-0.3, -0.25) is 4.79 Å². The van der Waals surface area contributed by atoms with Crippen LogP contribution in [-0.2, 0) is 0 Å². The third-order valence-corrected chi connectivity index (χ3v) is 4.91. The average Bonchev–Trinajstić information content (AvgIpc) is 2.55. The molecule has 2 saturated heterocycles. The molecule has 2 heterocycles. The van der Waals surface area contributed by atoms with E-state index in [1.165, 1.54) is 12.0 Å². The fourth-order valence-corrected chi connectivity index (χ4v) is 3.72. The minimum absolute atomic E-state index is 0. The zero-order valence-corrected chi connectivity index (χ0v) is 14.2. The van der Waals surface area contributed by atoms with Gasteiger partial charge in [0.2, 0.25) is 0 Å². The Hall–Kier alpha value is -1.06. The highest BCUT2D eigenvalue weighted by molar-refractivity contribution is 5.96. The van der Waals surface area contributed by atoms with Crippen LogP contribution in [0.5, 0.6) is 0 Å². The molecule has 2 fully saturated rings. The minimum atomic E-state index is 0. The number of piperidine rings is 2. The van der Waals surface area contributed by atoms with Gasteiger partial charge in [0.15, 0.2) is 0 Å². The SMILES string of the molecule is CC1CCCN(C(=O)c2ccccc2C2CCNCC2)C1.Cl. The Labute approximate surface area is 139 Å². The molecule has 1 aromatic carbocycles. The first kappa shape index (κ1) is 17.3. The van der Waals surface area contributed by atoms with Gasteiger partial charge in [0.25, 0.3) is 5.91 Å². The third kappa shape index (κ3) is 3.82. The van der Waals surface area contributed by atoms with Crippen LogP contribution >= 0.6 is 12.4 Å². The molecule has 1 amide bonds. The summed E-state index contributed by atoms with van der Waals surface area (Å²) in [5.41, 5.74) is 2.21. The molecule has 0 saturated carbocycles. The summed E-state index contributed by atoms with van der Waals surface area (Å²) in [6.07, 6.45) is 4.67. The molecule has 3 rings (SSSR count). The van der Waals surface area contributed by atoms with Crippen LogP contribution in [0.2, 0.25) is 0 Å². The van der Waals surface area contributed by atoms with E-state index in [1.807, 2.05) is 12.1 Å². The fourth-order valence-electron chi connectivity index (χ4n) is 3.72. The van der Waals surface area contributed by atoms with Crippen molar-refractivity contribution in [1.29, 1.82) is 0 Å². The van der Waals surface area contributed by atoms with Crippen molar-refractivity contribution in [3.8, 4) is 0 Å². The van der Waals surface area contributed by atoms with Gasteiger partial charge in [-0.25, -0.2) is 0 Å². The van der Waals surface area contributed by atoms with Crippen LogP contribution in [0.15, 0.2) is 24.3 Å². The summed E-state index contributed by atoms with van der Waals surface area (Å²) in [4.78, 5) is 15.0. The maximum Gasteiger partial charge on any atom is 0.254 e. The maximum absolute atomic E-state index is 12.9. The summed E-state index contributed by atoms with van der Waals surface area (Å²) in [6, 6.07) is 8.27. The molecule has 1 aromatic rings. The first-order valence-corrected chi connectivity index (χ1v) is 8.34. The number of hydrogen-bond donors (Lipinski definition) is 1. The largest absolute Gasteiger partial charge is 0.338 e. The Balaban J connectivity index is 0.00000176. The monoisotopic (exact) mass is 322 g/mol. The molecule has 0 aromatic heterocycles. The third-order valence-electron chi connectivity index (χ3n) is 4.91. The summed E-state index contributed by atoms with van der Waals surface area (Å²) in [7, 11) is 0. The number of halogens is 1. The van der Waals surface area contributed by atoms with E-state index in [9.17, 15) is 4.79 Å². The lowest BCUT2D eigenvalue weighted by molar-refractivity contribution is 0.0681. The highest BCUT2D eigenvalue weighted by Crippen LogP contribution is 2.29. The van der Waals surface area contributed by atoms with Crippen LogP contribution in [0.25, 0.3) is 0 Å². The van der Waals surface area contributed by atoms with E-state index in [-0.39, 0.29) is 18.3 Å². The summed E-state index contributed by atoms with van der Waals surface area (Å²) < 4.78 is 0. The lowest BCUT2D eigenvalue weighted by Crippen LogP contribution is -2.39. The summed E-state index contributed by atoms with van der Waals surface area (Å²) in [5.74, 6) is 1.41. The summed E-state index contributed by atoms with van der Waals surface area (Å²) >= 11 is 0. The van der Waals surface area contributed by atoms with Gasteiger partial charge in [-0.2, -0.15) is 0 Å². The van der Waals surface area contributed by atoms with Gasteiger partial charge in [0.1, 0.15) is 0 Å². The quantitative estimate of drug-likeness (QED) is 0.904. The molecule has 4 heteroatoms. The molecule has 1 unspecified atom stereocenters. The molecule has 0 aliphatic carbocycles. The molecule has 1 N–H and O–H groups in total. The van der Waals surface area contributed by atoms with E-state index < -0.39 is 0 Å². The molecular weight excluding hydrogens is 296 g/mol. The number of carbonyl (C=O) groups excluding carboxylic acids is 1. The van der Waals surface area contributed by atoms with Crippen molar-refractivity contribution in [2.45, 2.75) is 38.5 Å². The number of benzene rings is 1. The molecule has 2 aliphatic heterocycles. The second kappa shape index (κ2) is 7.98. The number of nitrogens with zero attached hydrogens (tertiary/aromatic N) is 1. The summed E-state index contributed by atoms with van der Waals surface area (Å²) in [6.45, 7) is 6.21. The van der Waals surface area contributed by atoms with Crippen molar-refractivity contribution in [1.82, 2.24) is 10.2 Å². The van der Waals surface area contributed by atoms with Crippen molar-refractivity contribution in [2.75, 3.05) is 26.2 Å². The molecule has 122 valence electrons. The van der Waals surface area contributed by atoms with Gasteiger partial charge in [0.05, 0.1) is 0 Å². The van der Waals surface area contributed by atoms with Crippen molar-refractivity contribution >= 4 is 18.3 Å². The predicted molar refractivity (Wildman–Crippen MR) is 92.8 cm³/mol. The topological polar surface area (TPSA) is 32.3 Å². The van der Waals surface area contributed by atoms with Crippen molar-refractivity contribution in [3.05, 3.63) is 35.4 Å². The van der Waals surface area contributed by atoms with E-state index in [2.05, 4.69) is 29.3 Å². The lowest BCUT2D eigenvalue weighted by Gasteiger charge is -2.32. The van der Waals surface area contributed by atoms with Crippen LogP contribution in [0.4, 0.5) is 0 Å². The number of rotatable bonds is 2. The number of hydrogen-bond acceptors (Lipinski definition) is 2. The Bertz CT molecular complexity index is 500. The second-order valence-corrected chi connectivity index (χ2v) is 6.61. The number of carbonyl (C=O) groups is 1. The standard InChI is InChI=1S/C18H26N2O.ClH/c1-14-5-4-12-20(13-14)18(21)17-7-3-2-6-16(17)15-8-10-19-11-9-15;/h2-3,6-7,14-15,19H,4-5,8-13H2,1H3;1H. The van der Waals surface area contributed by atoms with Gasteiger partial charge in [0, 0.05) is 18.7 Å². The van der Waals surface area contributed by atoms with Crippen LogP contribution in [-0.4, -0.2) is 37.0 Å². The number of nitrogens with one attached hydrogen (secondary N) is 1. The molecule has 1 atom stereocenters. The smallest absolute Gasteiger partial charge is 0.254 e. The molecule has 0 radical (unpaired) electrons. The van der Waals surface area contributed by atoms with Crippen LogP contribution in [0, 0.1) is 5.92 Å². The van der Waals surface area contributed by atoms with E-state index in [0.717, 1.165) is 51.0 Å². The van der Waals surface area contributed by atoms with Crippen LogP contribution < -0.4 is 5.32 Å². The Morgan fingerprint density at radius 3 is 2.64 bits per heavy atom. The first-order chi connectivity index (χ1) is 10.3. The number of amides is 1. The van der Waals surface area contributed by atoms with E-state index in [0.29, 0.717) is 11.8 Å².